The van der Waals surface area contributed by atoms with Crippen molar-refractivity contribution in [2.75, 3.05) is 34.0 Å². The quantitative estimate of drug-likeness (QED) is 0.0938. The van der Waals surface area contributed by atoms with Crippen molar-refractivity contribution in [2.24, 2.45) is 17.8 Å². The fraction of sp³-hybridized carbons (Fsp3) is 0.667. The molecule has 0 bridgehead atoms. The molecule has 0 spiro atoms. The first-order valence-corrected chi connectivity index (χ1v) is 19.0. The van der Waals surface area contributed by atoms with Crippen LogP contribution in [0.1, 0.15) is 129 Å². The first kappa shape index (κ1) is 39.7. The van der Waals surface area contributed by atoms with E-state index < -0.39 is 0 Å². The van der Waals surface area contributed by atoms with E-state index in [0.717, 1.165) is 62.4 Å². The molecule has 0 saturated carbocycles. The van der Waals surface area contributed by atoms with Crippen molar-refractivity contribution in [3.05, 3.63) is 35.9 Å². The molecule has 0 radical (unpaired) electrons. The van der Waals surface area contributed by atoms with Crippen LogP contribution in [0.15, 0.2) is 30.3 Å². The van der Waals surface area contributed by atoms with Gasteiger partial charge in [-0.3, -0.25) is 4.79 Å². The Hall–Kier alpha value is -2.46. The molecule has 4 atom stereocenters. The molecule has 0 amide bonds. The molecule has 0 aliphatic carbocycles. The van der Waals surface area contributed by atoms with E-state index in [4.69, 9.17) is 23.7 Å². The molecule has 0 heterocycles. The number of rotatable bonds is 26. The van der Waals surface area contributed by atoms with Gasteiger partial charge in [0, 0.05) is 12.1 Å². The smallest absolute Gasteiger partial charge is 0.193 e. The van der Waals surface area contributed by atoms with Crippen LogP contribution in [0.4, 0.5) is 0 Å². The highest BCUT2D eigenvalue weighted by atomic mass is 31.1. The SMILES string of the molecule is CCCCC(CC)COc1cc(OCC(CC)CCCC)c(PC(=O)c2c(OC)cccc2OC)c(OCC(CC)CCCC)c1. The zero-order valence-electron chi connectivity index (χ0n) is 30.2. The Labute approximate surface area is 282 Å². The molecule has 0 aliphatic heterocycles. The number of unbranched alkanes of at least 4 members (excludes halogenated alkanes) is 3. The first-order valence-electron chi connectivity index (χ1n) is 18.0. The molecule has 46 heavy (non-hydrogen) atoms. The minimum Gasteiger partial charge on any atom is -0.496 e. The maximum absolute atomic E-state index is 14.1. The molecule has 0 aromatic heterocycles. The predicted octanol–water partition coefficient (Wildman–Crippen LogP) is 10.6. The molecular formula is C39H63O6P. The van der Waals surface area contributed by atoms with Crippen molar-refractivity contribution in [1.29, 1.82) is 0 Å². The fourth-order valence-corrected chi connectivity index (χ4v) is 6.71. The minimum atomic E-state index is -0.248. The van der Waals surface area contributed by atoms with Crippen LogP contribution in [0.3, 0.4) is 0 Å². The van der Waals surface area contributed by atoms with Crippen molar-refractivity contribution >= 4 is 19.4 Å². The van der Waals surface area contributed by atoms with Crippen molar-refractivity contribution in [3.63, 3.8) is 0 Å². The summed E-state index contributed by atoms with van der Waals surface area (Å²) >= 11 is 0. The van der Waals surface area contributed by atoms with E-state index in [1.807, 2.05) is 18.2 Å². The van der Waals surface area contributed by atoms with E-state index in [9.17, 15) is 4.79 Å². The fourth-order valence-electron chi connectivity index (χ4n) is 5.57. The lowest BCUT2D eigenvalue weighted by Crippen LogP contribution is -2.19. The molecule has 4 unspecified atom stereocenters. The number of hydrogen-bond donors (Lipinski definition) is 0. The zero-order chi connectivity index (χ0) is 33.7. The third-order valence-electron chi connectivity index (χ3n) is 9.00. The summed E-state index contributed by atoms with van der Waals surface area (Å²) in [6, 6.07) is 9.39. The van der Waals surface area contributed by atoms with Crippen LogP contribution in [-0.2, 0) is 0 Å². The molecule has 0 fully saturated rings. The zero-order valence-corrected chi connectivity index (χ0v) is 31.2. The molecule has 0 aliphatic rings. The third kappa shape index (κ3) is 13.0. The summed E-state index contributed by atoms with van der Waals surface area (Å²) in [4.78, 5) is 14.1. The Morgan fingerprint density at radius 1 is 0.630 bits per heavy atom. The summed E-state index contributed by atoms with van der Waals surface area (Å²) in [6.45, 7) is 15.2. The molecule has 7 heteroatoms. The summed E-state index contributed by atoms with van der Waals surface area (Å²) < 4.78 is 31.0. The van der Waals surface area contributed by atoms with Crippen molar-refractivity contribution < 1.29 is 28.5 Å². The Balaban J connectivity index is 2.59. The molecule has 0 saturated heterocycles. The standard InChI is InChI=1S/C39H63O6P/c1-9-15-19-29(12-4)26-43-32-24-35(44-27-30(13-5)20-16-10-2)38(36(25-32)45-28-31(14-6)21-17-11-3)46-39(40)37-33(41-7)22-18-23-34(37)42-8/h18,22-25,29-31,46H,9-17,19-21,26-28H2,1-8H3. The maximum Gasteiger partial charge on any atom is 0.193 e. The Kier molecular flexibility index (Phi) is 19.8. The van der Waals surface area contributed by atoms with Gasteiger partial charge in [0.2, 0.25) is 0 Å². The van der Waals surface area contributed by atoms with E-state index in [0.29, 0.717) is 66.1 Å². The normalized spacial score (nSPS) is 13.4. The average Bonchev–Trinajstić information content (AvgIpc) is 3.08. The number of carbonyl (C=O) groups excluding carboxylic acids is 1. The van der Waals surface area contributed by atoms with Crippen LogP contribution >= 0.6 is 8.58 Å². The van der Waals surface area contributed by atoms with Gasteiger partial charge < -0.3 is 23.7 Å². The number of ether oxygens (including phenoxy) is 5. The van der Waals surface area contributed by atoms with Gasteiger partial charge in [-0.15, -0.1) is 0 Å². The largest absolute Gasteiger partial charge is 0.496 e. The van der Waals surface area contributed by atoms with Gasteiger partial charge in [-0.2, -0.15) is 0 Å². The molecule has 0 N–H and O–H groups in total. The lowest BCUT2D eigenvalue weighted by Gasteiger charge is -2.23. The van der Waals surface area contributed by atoms with Crippen LogP contribution in [0, 0.1) is 17.8 Å². The van der Waals surface area contributed by atoms with Gasteiger partial charge in [0.05, 0.1) is 39.3 Å². The lowest BCUT2D eigenvalue weighted by molar-refractivity contribution is 0.108. The molecule has 2 aromatic carbocycles. The van der Waals surface area contributed by atoms with Crippen molar-refractivity contribution in [2.45, 2.75) is 119 Å². The number of hydrogen-bond acceptors (Lipinski definition) is 6. The van der Waals surface area contributed by atoms with Gasteiger partial charge in [0.25, 0.3) is 0 Å². The van der Waals surface area contributed by atoms with Gasteiger partial charge in [-0.05, 0) is 57.7 Å². The van der Waals surface area contributed by atoms with Crippen LogP contribution in [0.2, 0.25) is 0 Å². The first-order chi connectivity index (χ1) is 22.4. The molecule has 2 aromatic rings. The number of benzene rings is 2. The van der Waals surface area contributed by atoms with Gasteiger partial charge in [0.15, 0.2) is 5.52 Å². The number of carbonyl (C=O) groups is 1. The Morgan fingerprint density at radius 3 is 1.41 bits per heavy atom. The minimum absolute atomic E-state index is 0.0840. The summed E-state index contributed by atoms with van der Waals surface area (Å²) in [5.41, 5.74) is 0.355. The lowest BCUT2D eigenvalue weighted by atomic mass is 10.0. The predicted molar refractivity (Wildman–Crippen MR) is 195 cm³/mol. The number of methoxy groups -OCH3 is 2. The molecule has 260 valence electrons. The van der Waals surface area contributed by atoms with Gasteiger partial charge in [-0.1, -0.05) is 105 Å². The monoisotopic (exact) mass is 658 g/mol. The Bertz CT molecular complexity index is 1070. The third-order valence-corrected chi connectivity index (χ3v) is 10.2. The average molecular weight is 659 g/mol. The molecule has 6 nitrogen and oxygen atoms in total. The van der Waals surface area contributed by atoms with E-state index in [1.54, 1.807) is 26.4 Å². The highest BCUT2D eigenvalue weighted by Gasteiger charge is 2.25. The highest BCUT2D eigenvalue weighted by molar-refractivity contribution is 7.66. The molecule has 2 rings (SSSR count). The van der Waals surface area contributed by atoms with E-state index in [2.05, 4.69) is 41.5 Å². The van der Waals surface area contributed by atoms with Crippen LogP contribution in [0.5, 0.6) is 28.7 Å². The van der Waals surface area contributed by atoms with Crippen LogP contribution in [-0.4, -0.2) is 39.6 Å². The van der Waals surface area contributed by atoms with E-state index in [-0.39, 0.29) is 14.1 Å². The topological polar surface area (TPSA) is 63.2 Å². The van der Waals surface area contributed by atoms with Crippen molar-refractivity contribution in [3.8, 4) is 28.7 Å². The maximum atomic E-state index is 14.1. The second kappa shape index (κ2) is 23.0. The Morgan fingerprint density at radius 2 is 1.04 bits per heavy atom. The van der Waals surface area contributed by atoms with Gasteiger partial charge in [0.1, 0.15) is 34.3 Å². The van der Waals surface area contributed by atoms with Gasteiger partial charge >= 0.3 is 0 Å². The molecular weight excluding hydrogens is 595 g/mol. The highest BCUT2D eigenvalue weighted by Crippen LogP contribution is 2.39. The van der Waals surface area contributed by atoms with E-state index >= 15 is 0 Å². The summed E-state index contributed by atoms with van der Waals surface area (Å²) in [6.07, 6.45) is 13.6. The van der Waals surface area contributed by atoms with Crippen LogP contribution in [0.25, 0.3) is 0 Å². The summed E-state index contributed by atoms with van der Waals surface area (Å²) in [5, 5.41) is 0.777. The summed E-state index contributed by atoms with van der Waals surface area (Å²) in [5.74, 6) is 4.44. The second-order valence-corrected chi connectivity index (χ2v) is 13.7. The van der Waals surface area contributed by atoms with Crippen molar-refractivity contribution in [1.82, 2.24) is 0 Å². The summed E-state index contributed by atoms with van der Waals surface area (Å²) in [7, 11) is 2.91. The van der Waals surface area contributed by atoms with Crippen LogP contribution < -0.4 is 29.0 Å². The second-order valence-electron chi connectivity index (χ2n) is 12.5. The van der Waals surface area contributed by atoms with Gasteiger partial charge in [-0.25, -0.2) is 0 Å². The van der Waals surface area contributed by atoms with E-state index in [1.165, 1.54) is 25.7 Å².